The second-order valence-electron chi connectivity index (χ2n) is 13.4. The number of nitrogens with zero attached hydrogens (tertiary/aromatic N) is 1. The van der Waals surface area contributed by atoms with E-state index in [1.54, 1.807) is 30.6 Å². The molecule has 0 spiro atoms. The van der Waals surface area contributed by atoms with Crippen molar-refractivity contribution in [3.05, 3.63) is 82.5 Å². The summed E-state index contributed by atoms with van der Waals surface area (Å²) in [5.74, 6) is -0.741. The normalized spacial score (nSPS) is 32.1. The Labute approximate surface area is 262 Å². The minimum absolute atomic E-state index is 0.00966. The number of hydrogen-bond donors (Lipinski definition) is 1. The topological polar surface area (TPSA) is 125 Å². The SMILES string of the molecule is CC(=O)OC1CC[C@@]2(C)C(C[C@H](OC(=O)CCc3ccccc3)[C@@]3(C)Oc4cc(-c5cccnc5)oc(=O)c4[C@H](O)C23)[C@H](C)C1. The van der Waals surface area contributed by atoms with Crippen LogP contribution in [0.2, 0.25) is 0 Å². The number of ether oxygens (including phenoxy) is 3. The average molecular weight is 616 g/mol. The summed E-state index contributed by atoms with van der Waals surface area (Å²) in [5.41, 5.74) is -0.687. The van der Waals surface area contributed by atoms with Crippen LogP contribution in [0.5, 0.6) is 5.75 Å². The third-order valence-electron chi connectivity index (χ3n) is 10.5. The number of aliphatic hydroxyl groups is 1. The number of hydrogen-bond acceptors (Lipinski definition) is 9. The van der Waals surface area contributed by atoms with Gasteiger partial charge in [-0.15, -0.1) is 0 Å². The summed E-state index contributed by atoms with van der Waals surface area (Å²) < 4.78 is 24.5. The van der Waals surface area contributed by atoms with Gasteiger partial charge in [-0.1, -0.05) is 44.2 Å². The monoisotopic (exact) mass is 615 g/mol. The first kappa shape index (κ1) is 31.0. The van der Waals surface area contributed by atoms with Gasteiger partial charge in [0.25, 0.3) is 0 Å². The van der Waals surface area contributed by atoms with Gasteiger partial charge in [0.2, 0.25) is 0 Å². The van der Waals surface area contributed by atoms with Crippen LogP contribution in [-0.4, -0.2) is 39.8 Å². The molecule has 0 radical (unpaired) electrons. The zero-order valence-corrected chi connectivity index (χ0v) is 26.2. The minimum Gasteiger partial charge on any atom is -0.482 e. The molecule has 9 nitrogen and oxygen atoms in total. The molecule has 3 aliphatic rings. The van der Waals surface area contributed by atoms with Crippen LogP contribution in [0.3, 0.4) is 0 Å². The Balaban J connectivity index is 1.40. The Hall–Kier alpha value is -3.98. The van der Waals surface area contributed by atoms with Gasteiger partial charge in [-0.3, -0.25) is 14.6 Å². The Kier molecular flexibility index (Phi) is 8.33. The Bertz CT molecular complexity index is 1610. The first-order valence-corrected chi connectivity index (χ1v) is 15.9. The number of pyridine rings is 1. The smallest absolute Gasteiger partial charge is 0.345 e. The molecule has 6 rings (SSSR count). The molecule has 1 aliphatic heterocycles. The lowest BCUT2D eigenvalue weighted by atomic mass is 9.49. The molecule has 2 aromatic heterocycles. The van der Waals surface area contributed by atoms with Crippen molar-refractivity contribution in [3.63, 3.8) is 0 Å². The van der Waals surface area contributed by atoms with Gasteiger partial charge in [0, 0.05) is 43.3 Å². The van der Waals surface area contributed by atoms with E-state index < -0.39 is 34.8 Å². The van der Waals surface area contributed by atoms with Gasteiger partial charge < -0.3 is 23.7 Å². The third kappa shape index (κ3) is 5.78. The quantitative estimate of drug-likeness (QED) is 0.341. The molecular weight excluding hydrogens is 574 g/mol. The molecule has 0 saturated heterocycles. The zero-order valence-electron chi connectivity index (χ0n) is 26.2. The number of aryl methyl sites for hydroxylation is 1. The molecule has 3 aromatic rings. The summed E-state index contributed by atoms with van der Waals surface area (Å²) in [5, 5.41) is 12.2. The molecular formula is C36H41NO8. The van der Waals surface area contributed by atoms with E-state index in [1.165, 1.54) is 6.92 Å². The van der Waals surface area contributed by atoms with E-state index >= 15 is 0 Å². The summed E-state index contributed by atoms with van der Waals surface area (Å²) >= 11 is 0. The highest BCUT2D eigenvalue weighted by Gasteiger charge is 2.66. The van der Waals surface area contributed by atoms with Gasteiger partial charge in [0.05, 0.1) is 6.10 Å². The number of rotatable bonds is 6. The second kappa shape index (κ2) is 12.1. The van der Waals surface area contributed by atoms with Crippen molar-refractivity contribution in [1.29, 1.82) is 0 Å². The van der Waals surface area contributed by atoms with Crippen molar-refractivity contribution >= 4 is 11.9 Å². The zero-order chi connectivity index (χ0) is 31.9. The second-order valence-corrected chi connectivity index (χ2v) is 13.4. The maximum Gasteiger partial charge on any atom is 0.345 e. The molecule has 1 N–H and O–H groups in total. The lowest BCUT2D eigenvalue weighted by Gasteiger charge is -2.61. The van der Waals surface area contributed by atoms with Crippen molar-refractivity contribution in [1.82, 2.24) is 4.98 Å². The van der Waals surface area contributed by atoms with Crippen molar-refractivity contribution < 1.29 is 33.3 Å². The van der Waals surface area contributed by atoms with Crippen LogP contribution >= 0.6 is 0 Å². The van der Waals surface area contributed by atoms with Crippen LogP contribution in [0.1, 0.15) is 77.0 Å². The average Bonchev–Trinajstić information content (AvgIpc) is 3.11. The molecule has 9 heteroatoms. The highest BCUT2D eigenvalue weighted by Crippen LogP contribution is 2.64. The maximum absolute atomic E-state index is 13.5. The highest BCUT2D eigenvalue weighted by atomic mass is 16.6. The van der Waals surface area contributed by atoms with Crippen LogP contribution < -0.4 is 10.4 Å². The van der Waals surface area contributed by atoms with Crippen molar-refractivity contribution in [2.75, 3.05) is 0 Å². The van der Waals surface area contributed by atoms with Gasteiger partial charge in [-0.2, -0.15) is 0 Å². The standard InChI is InChI=1S/C36H41NO8/c1-21-17-25(42-22(2)38)14-15-35(3)26(21)18-29(44-30(39)13-12-23-9-6-5-7-10-23)36(4)33(35)32(40)31-28(45-36)19-27(43-34(31)41)24-11-8-16-37-20-24/h5-11,16,19-21,25-26,29,32-33,40H,12-15,17-18H2,1-4H3/t21-,25?,26?,29+,32+,33?,35+,36-/m1/s1. The fourth-order valence-electron chi connectivity index (χ4n) is 8.52. The summed E-state index contributed by atoms with van der Waals surface area (Å²) in [4.78, 5) is 43.0. The molecule has 238 valence electrons. The summed E-state index contributed by atoms with van der Waals surface area (Å²) in [6, 6.07) is 14.9. The molecule has 0 amide bonds. The van der Waals surface area contributed by atoms with E-state index in [1.807, 2.05) is 37.3 Å². The number of fused-ring (bicyclic) bond motifs is 4. The van der Waals surface area contributed by atoms with Crippen molar-refractivity contribution in [3.8, 4) is 17.1 Å². The summed E-state index contributed by atoms with van der Waals surface area (Å²) in [7, 11) is 0. The Morgan fingerprint density at radius 1 is 1.09 bits per heavy atom. The van der Waals surface area contributed by atoms with Crippen LogP contribution in [-0.2, 0) is 25.5 Å². The van der Waals surface area contributed by atoms with Gasteiger partial charge >= 0.3 is 17.6 Å². The molecule has 0 bridgehead atoms. The van der Waals surface area contributed by atoms with E-state index in [0.29, 0.717) is 37.7 Å². The number of carbonyl (C=O) groups excluding carboxylic acids is 2. The van der Waals surface area contributed by atoms with E-state index in [0.717, 1.165) is 5.56 Å². The predicted molar refractivity (Wildman–Crippen MR) is 165 cm³/mol. The maximum atomic E-state index is 13.5. The molecule has 8 atom stereocenters. The Morgan fingerprint density at radius 2 is 1.87 bits per heavy atom. The molecule has 2 saturated carbocycles. The van der Waals surface area contributed by atoms with Crippen molar-refractivity contribution in [2.24, 2.45) is 23.2 Å². The van der Waals surface area contributed by atoms with Gasteiger partial charge in [-0.25, -0.2) is 4.79 Å². The van der Waals surface area contributed by atoms with Crippen LogP contribution in [0.15, 0.2) is 70.1 Å². The summed E-state index contributed by atoms with van der Waals surface area (Å²) in [6.45, 7) is 7.56. The molecule has 3 unspecified atom stereocenters. The van der Waals surface area contributed by atoms with E-state index in [9.17, 15) is 19.5 Å². The number of aromatic nitrogens is 1. The first-order chi connectivity index (χ1) is 21.5. The van der Waals surface area contributed by atoms with Gasteiger partial charge in [0.1, 0.15) is 34.9 Å². The lowest BCUT2D eigenvalue weighted by molar-refractivity contribution is -0.235. The van der Waals surface area contributed by atoms with Crippen molar-refractivity contribution in [2.45, 2.75) is 90.1 Å². The largest absolute Gasteiger partial charge is 0.482 e. The first-order valence-electron chi connectivity index (χ1n) is 15.9. The highest BCUT2D eigenvalue weighted by molar-refractivity contribution is 5.70. The fourth-order valence-corrected chi connectivity index (χ4v) is 8.52. The minimum atomic E-state index is -1.24. The van der Waals surface area contributed by atoms with E-state index in [4.69, 9.17) is 18.6 Å². The number of carbonyl (C=O) groups is 2. The predicted octanol–water partition coefficient (Wildman–Crippen LogP) is 5.83. The molecule has 45 heavy (non-hydrogen) atoms. The third-order valence-corrected chi connectivity index (χ3v) is 10.5. The summed E-state index contributed by atoms with van der Waals surface area (Å²) in [6.07, 6.45) is 4.14. The number of esters is 2. The van der Waals surface area contributed by atoms with Crippen LogP contribution in [0, 0.1) is 23.2 Å². The van der Waals surface area contributed by atoms with E-state index in [-0.39, 0.29) is 53.4 Å². The van der Waals surface area contributed by atoms with Crippen LogP contribution in [0.4, 0.5) is 0 Å². The van der Waals surface area contributed by atoms with Crippen LogP contribution in [0.25, 0.3) is 11.3 Å². The number of aliphatic hydroxyl groups excluding tert-OH is 1. The molecule has 1 aromatic carbocycles. The lowest BCUT2D eigenvalue weighted by Crippen LogP contribution is -2.67. The molecule has 2 fully saturated rings. The molecule has 2 aliphatic carbocycles. The van der Waals surface area contributed by atoms with Gasteiger partial charge in [0.15, 0.2) is 0 Å². The molecule has 3 heterocycles. The Morgan fingerprint density at radius 3 is 2.58 bits per heavy atom. The van der Waals surface area contributed by atoms with E-state index in [2.05, 4.69) is 18.8 Å². The number of benzene rings is 1. The fraction of sp³-hybridized carbons (Fsp3) is 0.500. The van der Waals surface area contributed by atoms with Gasteiger partial charge in [-0.05, 0) is 74.0 Å².